The van der Waals surface area contributed by atoms with Gasteiger partial charge in [0.15, 0.2) is 0 Å². The van der Waals surface area contributed by atoms with Crippen molar-refractivity contribution in [2.45, 2.75) is 12.5 Å². The van der Waals surface area contributed by atoms with Crippen molar-refractivity contribution in [1.29, 1.82) is 0 Å². The number of nitrogens with zero attached hydrogens (tertiary/aromatic N) is 1. The van der Waals surface area contributed by atoms with E-state index in [0.29, 0.717) is 6.42 Å². The van der Waals surface area contributed by atoms with Crippen LogP contribution in [0.5, 0.6) is 0 Å². The fraction of sp³-hybridized carbons (Fsp3) is 0.154. The fourth-order valence-electron chi connectivity index (χ4n) is 1.74. The summed E-state index contributed by atoms with van der Waals surface area (Å²) in [6.07, 6.45) is 2.22. The van der Waals surface area contributed by atoms with E-state index in [1.165, 1.54) is 12.1 Å². The number of pyridine rings is 1. The van der Waals surface area contributed by atoms with Crippen LogP contribution in [-0.4, -0.2) is 4.98 Å². The Hall–Kier alpha value is -1.01. The van der Waals surface area contributed by atoms with Crippen LogP contribution in [-0.2, 0) is 6.42 Å². The topological polar surface area (TPSA) is 50.9 Å². The molecule has 3 nitrogen and oxygen atoms in total. The second-order valence-corrected chi connectivity index (χ2v) is 5.40. The summed E-state index contributed by atoms with van der Waals surface area (Å²) in [5.41, 5.74) is 4.28. The predicted octanol–water partition coefficient (Wildman–Crippen LogP) is 3.38. The molecule has 0 saturated heterocycles. The first kappa shape index (κ1) is 14.4. The van der Waals surface area contributed by atoms with Crippen LogP contribution < -0.4 is 11.3 Å². The number of aromatic nitrogens is 1. The highest BCUT2D eigenvalue weighted by Crippen LogP contribution is 2.21. The second-order valence-electron chi connectivity index (χ2n) is 4.07. The number of halogens is 3. The van der Waals surface area contributed by atoms with E-state index in [9.17, 15) is 4.39 Å². The molecule has 0 fully saturated rings. The van der Waals surface area contributed by atoms with E-state index in [4.69, 9.17) is 17.4 Å². The molecule has 1 atom stereocenters. The Morgan fingerprint density at radius 3 is 2.74 bits per heavy atom. The Labute approximate surface area is 124 Å². The van der Waals surface area contributed by atoms with Gasteiger partial charge in [-0.05, 0) is 52.2 Å². The molecule has 0 saturated carbocycles. The maximum absolute atomic E-state index is 13.4. The lowest BCUT2D eigenvalue weighted by Gasteiger charge is -2.15. The minimum absolute atomic E-state index is 0.114. The van der Waals surface area contributed by atoms with Gasteiger partial charge in [-0.1, -0.05) is 17.7 Å². The summed E-state index contributed by atoms with van der Waals surface area (Å²) in [5.74, 6) is 5.11. The van der Waals surface area contributed by atoms with Crippen molar-refractivity contribution < 1.29 is 4.39 Å². The molecule has 1 heterocycles. The van der Waals surface area contributed by atoms with Gasteiger partial charge in [0.05, 0.1) is 16.8 Å². The normalized spacial score (nSPS) is 12.4. The molecule has 1 aromatic carbocycles. The maximum atomic E-state index is 13.4. The van der Waals surface area contributed by atoms with Crippen LogP contribution in [0.2, 0.25) is 5.02 Å². The molecule has 2 aromatic rings. The van der Waals surface area contributed by atoms with E-state index in [1.54, 1.807) is 12.3 Å². The predicted molar refractivity (Wildman–Crippen MR) is 77.1 cm³/mol. The molecule has 0 spiro atoms. The van der Waals surface area contributed by atoms with Crippen molar-refractivity contribution in [3.8, 4) is 0 Å². The summed E-state index contributed by atoms with van der Waals surface area (Å²) in [4.78, 5) is 4.28. The average Bonchev–Trinajstić information content (AvgIpc) is 2.41. The Bertz CT molecular complexity index is 562. The molecule has 1 unspecified atom stereocenters. The van der Waals surface area contributed by atoms with Gasteiger partial charge in [0.1, 0.15) is 5.82 Å². The monoisotopic (exact) mass is 343 g/mol. The van der Waals surface area contributed by atoms with Gasteiger partial charge in [-0.15, -0.1) is 0 Å². The van der Waals surface area contributed by atoms with E-state index < -0.39 is 5.82 Å². The molecule has 0 aliphatic rings. The van der Waals surface area contributed by atoms with Gasteiger partial charge in [0.25, 0.3) is 0 Å². The molecule has 19 heavy (non-hydrogen) atoms. The van der Waals surface area contributed by atoms with Gasteiger partial charge in [-0.25, -0.2) is 4.39 Å². The summed E-state index contributed by atoms with van der Waals surface area (Å²) in [6, 6.07) is 8.28. The van der Waals surface area contributed by atoms with Crippen LogP contribution in [0.15, 0.2) is 41.0 Å². The van der Waals surface area contributed by atoms with Gasteiger partial charge >= 0.3 is 0 Å². The van der Waals surface area contributed by atoms with E-state index in [2.05, 4.69) is 26.3 Å². The average molecular weight is 345 g/mol. The smallest absolute Gasteiger partial charge is 0.142 e. The van der Waals surface area contributed by atoms with Gasteiger partial charge in [-0.2, -0.15) is 0 Å². The summed E-state index contributed by atoms with van der Waals surface area (Å²) in [6.45, 7) is 0. The number of nitrogens with one attached hydrogen (secondary N) is 1. The molecule has 3 N–H and O–H groups in total. The maximum Gasteiger partial charge on any atom is 0.142 e. The van der Waals surface area contributed by atoms with Crippen molar-refractivity contribution in [2.24, 2.45) is 5.84 Å². The Morgan fingerprint density at radius 1 is 1.37 bits per heavy atom. The molecule has 0 radical (unpaired) electrons. The molecule has 6 heteroatoms. The van der Waals surface area contributed by atoms with Gasteiger partial charge < -0.3 is 0 Å². The number of nitrogens with two attached hydrogens (primary N) is 1. The number of hydrogen-bond donors (Lipinski definition) is 2. The minimum atomic E-state index is -0.432. The highest BCUT2D eigenvalue weighted by atomic mass is 79.9. The fourth-order valence-corrected chi connectivity index (χ4v) is 2.10. The molecule has 0 amide bonds. The molecule has 0 aliphatic carbocycles. The van der Waals surface area contributed by atoms with Crippen LogP contribution >= 0.6 is 27.5 Å². The van der Waals surface area contributed by atoms with Crippen LogP contribution in [0, 0.1) is 5.82 Å². The second kappa shape index (κ2) is 6.43. The van der Waals surface area contributed by atoms with Crippen molar-refractivity contribution in [1.82, 2.24) is 10.4 Å². The van der Waals surface area contributed by atoms with E-state index in [-0.39, 0.29) is 11.1 Å². The molecule has 0 bridgehead atoms. The van der Waals surface area contributed by atoms with Crippen molar-refractivity contribution in [3.63, 3.8) is 0 Å². The molecular formula is C13H12BrClFN3. The zero-order valence-corrected chi connectivity index (χ0v) is 12.2. The van der Waals surface area contributed by atoms with Crippen LogP contribution in [0.3, 0.4) is 0 Å². The highest BCUT2D eigenvalue weighted by Gasteiger charge is 2.13. The highest BCUT2D eigenvalue weighted by molar-refractivity contribution is 9.10. The van der Waals surface area contributed by atoms with Gasteiger partial charge in [-0.3, -0.25) is 16.3 Å². The Kier molecular flexibility index (Phi) is 4.87. The number of benzene rings is 1. The summed E-state index contributed by atoms with van der Waals surface area (Å²) >= 11 is 8.98. The van der Waals surface area contributed by atoms with Crippen LogP contribution in [0.25, 0.3) is 0 Å². The third-order valence-corrected chi connectivity index (χ3v) is 3.51. The van der Waals surface area contributed by atoms with Gasteiger partial charge in [0, 0.05) is 10.7 Å². The number of rotatable bonds is 4. The largest absolute Gasteiger partial charge is 0.271 e. The standard InChI is InChI=1S/C13H12BrClFN3/c14-9-2-4-12(18-7-9)13(19-17)6-8-1-3-10(15)11(16)5-8/h1-5,7,13,19H,6,17H2. The first-order valence-electron chi connectivity index (χ1n) is 5.61. The van der Waals surface area contributed by atoms with E-state index >= 15 is 0 Å². The zero-order chi connectivity index (χ0) is 13.8. The van der Waals surface area contributed by atoms with E-state index in [1.807, 2.05) is 12.1 Å². The van der Waals surface area contributed by atoms with Crippen molar-refractivity contribution >= 4 is 27.5 Å². The molecule has 0 aliphatic heterocycles. The number of hydrogen-bond acceptors (Lipinski definition) is 3. The summed E-state index contributed by atoms with van der Waals surface area (Å²) < 4.78 is 14.3. The third kappa shape index (κ3) is 3.73. The van der Waals surface area contributed by atoms with Crippen molar-refractivity contribution in [3.05, 3.63) is 63.1 Å². The lowest BCUT2D eigenvalue weighted by Crippen LogP contribution is -2.30. The van der Waals surface area contributed by atoms with E-state index in [0.717, 1.165) is 15.7 Å². The zero-order valence-electron chi connectivity index (χ0n) is 9.91. The Balaban J connectivity index is 2.18. The van der Waals surface area contributed by atoms with Crippen LogP contribution in [0.1, 0.15) is 17.3 Å². The first-order valence-corrected chi connectivity index (χ1v) is 6.78. The quantitative estimate of drug-likeness (QED) is 0.660. The SMILES string of the molecule is NNC(Cc1ccc(Cl)c(F)c1)c1ccc(Br)cn1. The first-order chi connectivity index (χ1) is 9.10. The summed E-state index contributed by atoms with van der Waals surface area (Å²) in [5, 5.41) is 0.114. The molecular weight excluding hydrogens is 333 g/mol. The molecule has 2 rings (SSSR count). The number of hydrazine groups is 1. The van der Waals surface area contributed by atoms with Crippen molar-refractivity contribution in [2.75, 3.05) is 0 Å². The molecule has 100 valence electrons. The minimum Gasteiger partial charge on any atom is -0.271 e. The lowest BCUT2D eigenvalue weighted by atomic mass is 10.0. The van der Waals surface area contributed by atoms with Crippen LogP contribution in [0.4, 0.5) is 4.39 Å². The Morgan fingerprint density at radius 2 is 2.16 bits per heavy atom. The van der Waals surface area contributed by atoms with Gasteiger partial charge in [0.2, 0.25) is 0 Å². The third-order valence-electron chi connectivity index (χ3n) is 2.73. The summed E-state index contributed by atoms with van der Waals surface area (Å²) in [7, 11) is 0. The molecule has 1 aromatic heterocycles. The lowest BCUT2D eigenvalue weighted by molar-refractivity contribution is 0.535.